The second-order valence-electron chi connectivity index (χ2n) is 3.52. The van der Waals surface area contributed by atoms with Crippen LogP contribution in [-0.4, -0.2) is 13.7 Å². The molecular formula is C12H14ClNOS2. The van der Waals surface area contributed by atoms with Crippen LogP contribution in [0.5, 0.6) is 5.75 Å². The zero-order chi connectivity index (χ0) is 12.3. The SMILES string of the molecule is CCNC(c1cc(OC)cs1)c1ccc(Cl)s1. The van der Waals surface area contributed by atoms with Gasteiger partial charge in [0.25, 0.3) is 0 Å². The minimum absolute atomic E-state index is 0.214. The first-order chi connectivity index (χ1) is 8.24. The molecule has 0 aliphatic rings. The summed E-state index contributed by atoms with van der Waals surface area (Å²) >= 11 is 9.31. The van der Waals surface area contributed by atoms with Gasteiger partial charge in [0.1, 0.15) is 5.75 Å². The Kier molecular flexibility index (Phi) is 4.45. The number of hydrogen-bond acceptors (Lipinski definition) is 4. The Balaban J connectivity index is 2.28. The average molecular weight is 288 g/mol. The summed E-state index contributed by atoms with van der Waals surface area (Å²) in [6, 6.07) is 6.31. The highest BCUT2D eigenvalue weighted by atomic mass is 35.5. The highest BCUT2D eigenvalue weighted by Gasteiger charge is 2.17. The van der Waals surface area contributed by atoms with Crippen LogP contribution in [0.3, 0.4) is 0 Å². The van der Waals surface area contributed by atoms with E-state index in [0.717, 1.165) is 16.6 Å². The zero-order valence-corrected chi connectivity index (χ0v) is 12.1. The molecule has 0 saturated carbocycles. The van der Waals surface area contributed by atoms with E-state index in [0.29, 0.717) is 0 Å². The summed E-state index contributed by atoms with van der Waals surface area (Å²) in [7, 11) is 1.69. The van der Waals surface area contributed by atoms with Gasteiger partial charge in [-0.3, -0.25) is 0 Å². The van der Waals surface area contributed by atoms with Crippen LogP contribution in [-0.2, 0) is 0 Å². The lowest BCUT2D eigenvalue weighted by molar-refractivity contribution is 0.416. The van der Waals surface area contributed by atoms with Gasteiger partial charge in [-0.25, -0.2) is 0 Å². The molecule has 2 aromatic heterocycles. The molecule has 2 aromatic rings. The van der Waals surface area contributed by atoms with Crippen LogP contribution in [0.2, 0.25) is 4.34 Å². The molecule has 2 nitrogen and oxygen atoms in total. The fraction of sp³-hybridized carbons (Fsp3) is 0.333. The van der Waals surface area contributed by atoms with Gasteiger partial charge in [0.15, 0.2) is 0 Å². The van der Waals surface area contributed by atoms with E-state index < -0.39 is 0 Å². The normalized spacial score (nSPS) is 12.6. The Labute approximate surface area is 114 Å². The van der Waals surface area contributed by atoms with Gasteiger partial charge in [-0.05, 0) is 24.7 Å². The van der Waals surface area contributed by atoms with Crippen molar-refractivity contribution in [3.05, 3.63) is 37.7 Å². The lowest BCUT2D eigenvalue weighted by Gasteiger charge is -2.14. The second-order valence-corrected chi connectivity index (χ2v) is 6.21. The molecule has 2 rings (SSSR count). The third kappa shape index (κ3) is 3.01. The Hall–Kier alpha value is -0.550. The van der Waals surface area contributed by atoms with Gasteiger partial charge in [-0.2, -0.15) is 0 Å². The number of ether oxygens (including phenoxy) is 1. The maximum absolute atomic E-state index is 5.99. The summed E-state index contributed by atoms with van der Waals surface area (Å²) < 4.78 is 6.05. The molecule has 0 amide bonds. The topological polar surface area (TPSA) is 21.3 Å². The monoisotopic (exact) mass is 287 g/mol. The molecule has 0 spiro atoms. The Morgan fingerprint density at radius 1 is 1.41 bits per heavy atom. The number of rotatable bonds is 5. The molecule has 0 bridgehead atoms. The number of nitrogens with one attached hydrogen (secondary N) is 1. The van der Waals surface area contributed by atoms with Gasteiger partial charge in [-0.15, -0.1) is 22.7 Å². The van der Waals surface area contributed by atoms with Crippen LogP contribution in [0.15, 0.2) is 23.6 Å². The van der Waals surface area contributed by atoms with Crippen LogP contribution in [0.4, 0.5) is 0 Å². The van der Waals surface area contributed by atoms with E-state index in [1.54, 1.807) is 29.8 Å². The minimum atomic E-state index is 0.214. The van der Waals surface area contributed by atoms with Crippen molar-refractivity contribution in [2.45, 2.75) is 13.0 Å². The minimum Gasteiger partial charge on any atom is -0.496 e. The van der Waals surface area contributed by atoms with Crippen molar-refractivity contribution in [3.8, 4) is 5.75 Å². The lowest BCUT2D eigenvalue weighted by Crippen LogP contribution is -2.20. The van der Waals surface area contributed by atoms with Crippen molar-refractivity contribution in [2.75, 3.05) is 13.7 Å². The van der Waals surface area contributed by atoms with E-state index in [4.69, 9.17) is 16.3 Å². The number of methoxy groups -OCH3 is 1. The molecule has 1 atom stereocenters. The number of halogens is 1. The molecule has 0 radical (unpaired) electrons. The Morgan fingerprint density at radius 2 is 2.24 bits per heavy atom. The summed E-state index contributed by atoms with van der Waals surface area (Å²) in [6.45, 7) is 3.02. The standard InChI is InChI=1S/C12H14ClNOS2/c1-3-14-12(9-4-5-11(13)17-9)10-6-8(15-2)7-16-10/h4-7,12,14H,3H2,1-2H3. The van der Waals surface area contributed by atoms with Gasteiger partial charge in [0.2, 0.25) is 0 Å². The molecular weight excluding hydrogens is 274 g/mol. The summed E-state index contributed by atoms with van der Waals surface area (Å²) in [4.78, 5) is 2.49. The predicted octanol–water partition coefficient (Wildman–Crippen LogP) is 4.17. The molecule has 0 saturated heterocycles. The molecule has 0 aromatic carbocycles. The zero-order valence-electron chi connectivity index (χ0n) is 9.70. The molecule has 17 heavy (non-hydrogen) atoms. The molecule has 1 N–H and O–H groups in total. The summed E-state index contributed by atoms with van der Waals surface area (Å²) in [5.74, 6) is 0.913. The van der Waals surface area contributed by atoms with Crippen molar-refractivity contribution in [3.63, 3.8) is 0 Å². The van der Waals surface area contributed by atoms with Gasteiger partial charge in [-0.1, -0.05) is 18.5 Å². The van der Waals surface area contributed by atoms with Crippen LogP contribution in [0.1, 0.15) is 22.7 Å². The highest BCUT2D eigenvalue weighted by molar-refractivity contribution is 7.16. The quantitative estimate of drug-likeness (QED) is 0.891. The van der Waals surface area contributed by atoms with Crippen LogP contribution >= 0.6 is 34.3 Å². The largest absolute Gasteiger partial charge is 0.496 e. The third-order valence-electron chi connectivity index (χ3n) is 2.40. The molecule has 92 valence electrons. The van der Waals surface area contributed by atoms with E-state index in [1.807, 2.05) is 11.4 Å². The third-order valence-corrected chi connectivity index (χ3v) is 4.67. The summed E-state index contributed by atoms with van der Waals surface area (Å²) in [6.07, 6.45) is 0. The van der Waals surface area contributed by atoms with E-state index in [1.165, 1.54) is 9.75 Å². The van der Waals surface area contributed by atoms with Crippen molar-refractivity contribution in [1.82, 2.24) is 5.32 Å². The molecule has 0 fully saturated rings. The van der Waals surface area contributed by atoms with E-state index >= 15 is 0 Å². The fourth-order valence-corrected chi connectivity index (χ4v) is 3.80. The maximum atomic E-state index is 5.99. The lowest BCUT2D eigenvalue weighted by atomic mass is 10.2. The predicted molar refractivity (Wildman–Crippen MR) is 75.7 cm³/mol. The van der Waals surface area contributed by atoms with Crippen LogP contribution in [0, 0.1) is 0 Å². The van der Waals surface area contributed by atoms with Gasteiger partial charge in [0, 0.05) is 15.1 Å². The van der Waals surface area contributed by atoms with E-state index in [-0.39, 0.29) is 6.04 Å². The summed E-state index contributed by atoms with van der Waals surface area (Å²) in [5, 5.41) is 5.50. The van der Waals surface area contributed by atoms with Gasteiger partial charge < -0.3 is 10.1 Å². The number of thiophene rings is 2. The average Bonchev–Trinajstić information content (AvgIpc) is 2.94. The Bertz CT molecular complexity index is 480. The van der Waals surface area contributed by atoms with Crippen molar-refractivity contribution in [2.24, 2.45) is 0 Å². The Morgan fingerprint density at radius 3 is 2.76 bits per heavy atom. The van der Waals surface area contributed by atoms with Gasteiger partial charge in [0.05, 0.1) is 17.5 Å². The first-order valence-electron chi connectivity index (χ1n) is 5.35. The first-order valence-corrected chi connectivity index (χ1v) is 7.43. The van der Waals surface area contributed by atoms with Gasteiger partial charge >= 0.3 is 0 Å². The summed E-state index contributed by atoms with van der Waals surface area (Å²) in [5.41, 5.74) is 0. The molecule has 0 aliphatic carbocycles. The number of hydrogen-bond donors (Lipinski definition) is 1. The second kappa shape index (κ2) is 5.87. The fourth-order valence-electron chi connectivity index (χ4n) is 1.62. The van der Waals surface area contributed by atoms with Crippen LogP contribution in [0.25, 0.3) is 0 Å². The van der Waals surface area contributed by atoms with Crippen molar-refractivity contribution in [1.29, 1.82) is 0 Å². The maximum Gasteiger partial charge on any atom is 0.129 e. The molecule has 2 heterocycles. The highest BCUT2D eigenvalue weighted by Crippen LogP contribution is 2.35. The molecule has 0 aliphatic heterocycles. The molecule has 5 heteroatoms. The molecule has 1 unspecified atom stereocenters. The van der Waals surface area contributed by atoms with Crippen LogP contribution < -0.4 is 10.1 Å². The van der Waals surface area contributed by atoms with E-state index in [2.05, 4.69) is 24.4 Å². The smallest absolute Gasteiger partial charge is 0.129 e. The van der Waals surface area contributed by atoms with Crippen molar-refractivity contribution >= 4 is 34.3 Å². The first kappa shape index (κ1) is 12.9. The van der Waals surface area contributed by atoms with E-state index in [9.17, 15) is 0 Å². The van der Waals surface area contributed by atoms with Crippen molar-refractivity contribution < 1.29 is 4.74 Å².